The molecule has 3 N–H and O–H groups in total. The van der Waals surface area contributed by atoms with Crippen LogP contribution in [0.1, 0.15) is 40.0 Å². The van der Waals surface area contributed by atoms with Crippen LogP contribution in [0, 0.1) is 11.3 Å². The number of nitrogens with zero attached hydrogens (tertiary/aromatic N) is 1. The van der Waals surface area contributed by atoms with Gasteiger partial charge < -0.3 is 16.0 Å². The zero-order valence-corrected chi connectivity index (χ0v) is 12.3. The van der Waals surface area contributed by atoms with E-state index in [4.69, 9.17) is 5.73 Å². The second kappa shape index (κ2) is 6.53. The molecule has 1 heterocycles. The molecule has 1 saturated heterocycles. The van der Waals surface area contributed by atoms with Gasteiger partial charge >= 0.3 is 0 Å². The summed E-state index contributed by atoms with van der Waals surface area (Å²) in [4.78, 5) is 14.2. The minimum absolute atomic E-state index is 0.00357. The lowest BCUT2D eigenvalue weighted by Crippen LogP contribution is -2.48. The molecule has 1 rings (SSSR count). The van der Waals surface area contributed by atoms with Gasteiger partial charge in [-0.05, 0) is 50.7 Å². The zero-order valence-electron chi connectivity index (χ0n) is 12.3. The van der Waals surface area contributed by atoms with Crippen molar-refractivity contribution in [2.24, 2.45) is 17.1 Å². The maximum absolute atomic E-state index is 11.9. The van der Waals surface area contributed by atoms with E-state index in [1.54, 1.807) is 0 Å². The molecular weight excluding hydrogens is 226 g/mol. The molecule has 18 heavy (non-hydrogen) atoms. The van der Waals surface area contributed by atoms with Crippen LogP contribution in [0.5, 0.6) is 0 Å². The van der Waals surface area contributed by atoms with Crippen molar-refractivity contribution in [1.29, 1.82) is 0 Å². The number of hydrogen-bond donors (Lipinski definition) is 2. The number of piperidine rings is 1. The van der Waals surface area contributed by atoms with Gasteiger partial charge in [0, 0.05) is 6.54 Å². The number of likely N-dealkylation sites (tertiary alicyclic amines) is 1. The Hall–Kier alpha value is -0.610. The van der Waals surface area contributed by atoms with Crippen LogP contribution in [0.3, 0.4) is 0 Å². The second-order valence-corrected chi connectivity index (χ2v) is 6.57. The Kier molecular flexibility index (Phi) is 5.60. The van der Waals surface area contributed by atoms with Crippen LogP contribution in [-0.4, -0.2) is 43.5 Å². The van der Waals surface area contributed by atoms with E-state index in [-0.39, 0.29) is 17.4 Å². The average molecular weight is 255 g/mol. The maximum atomic E-state index is 11.9. The molecule has 1 fully saturated rings. The Labute approximate surface area is 111 Å². The molecule has 4 heteroatoms. The topological polar surface area (TPSA) is 58.4 Å². The van der Waals surface area contributed by atoms with E-state index in [0.717, 1.165) is 38.9 Å². The Morgan fingerprint density at radius 2 is 1.94 bits per heavy atom. The third-order valence-corrected chi connectivity index (χ3v) is 3.95. The van der Waals surface area contributed by atoms with Crippen LogP contribution >= 0.6 is 0 Å². The van der Waals surface area contributed by atoms with Crippen molar-refractivity contribution in [2.75, 3.05) is 26.7 Å². The highest BCUT2D eigenvalue weighted by molar-refractivity contribution is 5.81. The minimum atomic E-state index is -0.361. The molecule has 0 aliphatic carbocycles. The normalized spacial score (nSPS) is 21.9. The molecular formula is C14H29N3O. The molecule has 0 aromatic carbocycles. The van der Waals surface area contributed by atoms with Crippen LogP contribution < -0.4 is 11.1 Å². The van der Waals surface area contributed by atoms with Crippen molar-refractivity contribution >= 4 is 5.91 Å². The van der Waals surface area contributed by atoms with Crippen molar-refractivity contribution < 1.29 is 4.79 Å². The fourth-order valence-electron chi connectivity index (χ4n) is 2.38. The van der Waals surface area contributed by atoms with Crippen LogP contribution in [-0.2, 0) is 4.79 Å². The molecule has 0 unspecified atom stereocenters. The van der Waals surface area contributed by atoms with Gasteiger partial charge in [-0.15, -0.1) is 0 Å². The number of rotatable bonds is 5. The van der Waals surface area contributed by atoms with Crippen LogP contribution in [0.4, 0.5) is 0 Å². The number of carbonyl (C=O) groups excluding carboxylic acids is 1. The number of nitrogens with two attached hydrogens (primary N) is 1. The van der Waals surface area contributed by atoms with E-state index in [1.165, 1.54) is 0 Å². The van der Waals surface area contributed by atoms with E-state index < -0.39 is 0 Å². The monoisotopic (exact) mass is 255 g/mol. The highest BCUT2D eigenvalue weighted by atomic mass is 16.2. The summed E-state index contributed by atoms with van der Waals surface area (Å²) >= 11 is 0. The van der Waals surface area contributed by atoms with Crippen molar-refractivity contribution in [3.05, 3.63) is 0 Å². The second-order valence-electron chi connectivity index (χ2n) is 6.57. The highest BCUT2D eigenvalue weighted by Crippen LogP contribution is 2.29. The molecule has 1 aliphatic rings. The van der Waals surface area contributed by atoms with Crippen molar-refractivity contribution in [2.45, 2.75) is 46.1 Å². The molecule has 0 spiro atoms. The number of carbonyl (C=O) groups is 1. The summed E-state index contributed by atoms with van der Waals surface area (Å²) in [6.07, 6.45) is 3.04. The Morgan fingerprint density at radius 3 is 2.44 bits per heavy atom. The molecule has 0 aromatic heterocycles. The summed E-state index contributed by atoms with van der Waals surface area (Å²) < 4.78 is 0. The van der Waals surface area contributed by atoms with Gasteiger partial charge in [0.15, 0.2) is 0 Å². The summed E-state index contributed by atoms with van der Waals surface area (Å²) in [6.45, 7) is 9.42. The van der Waals surface area contributed by atoms with E-state index in [9.17, 15) is 4.79 Å². The fraction of sp³-hybridized carbons (Fsp3) is 0.929. The predicted molar refractivity (Wildman–Crippen MR) is 75.3 cm³/mol. The first kappa shape index (κ1) is 15.4. The fourth-order valence-corrected chi connectivity index (χ4v) is 2.38. The Morgan fingerprint density at radius 1 is 1.39 bits per heavy atom. The summed E-state index contributed by atoms with van der Waals surface area (Å²) in [6, 6.07) is -0.361. The van der Waals surface area contributed by atoms with Crippen molar-refractivity contribution in [3.8, 4) is 0 Å². The van der Waals surface area contributed by atoms with Crippen LogP contribution in [0.2, 0.25) is 0 Å². The van der Waals surface area contributed by atoms with Gasteiger partial charge in [-0.1, -0.05) is 20.8 Å². The van der Waals surface area contributed by atoms with Gasteiger partial charge in [-0.3, -0.25) is 4.79 Å². The maximum Gasteiger partial charge on any atom is 0.236 e. The molecule has 0 aromatic rings. The van der Waals surface area contributed by atoms with E-state index in [2.05, 4.69) is 38.0 Å². The lowest BCUT2D eigenvalue weighted by atomic mass is 9.80. The highest BCUT2D eigenvalue weighted by Gasteiger charge is 2.29. The molecule has 106 valence electrons. The SMILES string of the molecule is CC(C)C[C@@H](N)C(=O)NCC1(C)CCN(C)CC1. The summed E-state index contributed by atoms with van der Waals surface area (Å²) in [5, 5.41) is 3.03. The zero-order chi connectivity index (χ0) is 13.8. The van der Waals surface area contributed by atoms with Crippen molar-refractivity contribution in [1.82, 2.24) is 10.2 Å². The van der Waals surface area contributed by atoms with Crippen molar-refractivity contribution in [3.63, 3.8) is 0 Å². The third kappa shape index (κ3) is 4.94. The lowest BCUT2D eigenvalue weighted by Gasteiger charge is -2.38. The molecule has 0 bridgehead atoms. The average Bonchev–Trinajstić information content (AvgIpc) is 2.29. The van der Waals surface area contributed by atoms with Gasteiger partial charge in [-0.25, -0.2) is 0 Å². The summed E-state index contributed by atoms with van der Waals surface area (Å²) in [7, 11) is 2.15. The Bertz CT molecular complexity index is 270. The van der Waals surface area contributed by atoms with Gasteiger partial charge in [0.1, 0.15) is 0 Å². The van der Waals surface area contributed by atoms with E-state index in [0.29, 0.717) is 5.92 Å². The molecule has 1 atom stereocenters. The molecule has 1 amide bonds. The van der Waals surface area contributed by atoms with Gasteiger partial charge in [0.2, 0.25) is 5.91 Å². The van der Waals surface area contributed by atoms with Crippen LogP contribution in [0.25, 0.3) is 0 Å². The first-order valence-electron chi connectivity index (χ1n) is 7.04. The quantitative estimate of drug-likeness (QED) is 0.776. The molecule has 0 radical (unpaired) electrons. The van der Waals surface area contributed by atoms with E-state index >= 15 is 0 Å². The Balaban J connectivity index is 2.33. The first-order chi connectivity index (χ1) is 8.32. The number of nitrogens with one attached hydrogen (secondary N) is 1. The molecule has 1 aliphatic heterocycles. The molecule has 4 nitrogen and oxygen atoms in total. The van der Waals surface area contributed by atoms with E-state index in [1.807, 2.05) is 0 Å². The number of hydrogen-bond acceptors (Lipinski definition) is 3. The minimum Gasteiger partial charge on any atom is -0.354 e. The summed E-state index contributed by atoms with van der Waals surface area (Å²) in [5.74, 6) is 0.466. The summed E-state index contributed by atoms with van der Waals surface area (Å²) in [5.41, 5.74) is 6.11. The largest absolute Gasteiger partial charge is 0.354 e. The van der Waals surface area contributed by atoms with Crippen LogP contribution in [0.15, 0.2) is 0 Å². The first-order valence-corrected chi connectivity index (χ1v) is 7.04. The number of amides is 1. The third-order valence-electron chi connectivity index (χ3n) is 3.95. The predicted octanol–water partition coefficient (Wildman–Crippen LogP) is 1.21. The molecule has 0 saturated carbocycles. The standard InChI is InChI=1S/C14H29N3O/c1-11(2)9-12(15)13(18)16-10-14(3)5-7-17(4)8-6-14/h11-12H,5-10,15H2,1-4H3,(H,16,18)/t12-/m1/s1. The van der Waals surface area contributed by atoms with Gasteiger partial charge in [0.25, 0.3) is 0 Å². The smallest absolute Gasteiger partial charge is 0.236 e. The van der Waals surface area contributed by atoms with Gasteiger partial charge in [-0.2, -0.15) is 0 Å². The lowest BCUT2D eigenvalue weighted by molar-refractivity contribution is -0.123. The van der Waals surface area contributed by atoms with Gasteiger partial charge in [0.05, 0.1) is 6.04 Å².